The number of rotatable bonds is 6. The van der Waals surface area contributed by atoms with Crippen LogP contribution in [0.3, 0.4) is 0 Å². The molecule has 0 aliphatic rings. The maximum atomic E-state index is 12.2. The van der Waals surface area contributed by atoms with E-state index in [4.69, 9.17) is 4.52 Å². The first-order valence-corrected chi connectivity index (χ1v) is 7.45. The van der Waals surface area contributed by atoms with Crippen molar-refractivity contribution < 1.29 is 9.32 Å². The number of carbonyl (C=O) groups is 1. The normalized spacial score (nSPS) is 10.7. The number of carbonyl (C=O) groups excluding carboxylic acids is 1. The number of aryl methyl sites for hydroxylation is 1. The summed E-state index contributed by atoms with van der Waals surface area (Å²) in [6.45, 7) is 2.41. The summed E-state index contributed by atoms with van der Waals surface area (Å²) in [5.74, 6) is 1.09. The Balaban J connectivity index is 1.59. The Bertz CT molecular complexity index is 779. The molecule has 1 aromatic carbocycles. The zero-order chi connectivity index (χ0) is 16.1. The third kappa shape index (κ3) is 3.63. The molecule has 3 aromatic rings. The van der Waals surface area contributed by atoms with Crippen LogP contribution in [0, 0.1) is 0 Å². The van der Waals surface area contributed by atoms with Gasteiger partial charge in [0.15, 0.2) is 5.82 Å². The third-order valence-corrected chi connectivity index (χ3v) is 3.40. The van der Waals surface area contributed by atoms with Gasteiger partial charge >= 0.3 is 0 Å². The zero-order valence-electron chi connectivity index (χ0n) is 12.7. The number of amides is 1. The van der Waals surface area contributed by atoms with Gasteiger partial charge in [0, 0.05) is 36.7 Å². The highest BCUT2D eigenvalue weighted by Crippen LogP contribution is 2.18. The average molecular weight is 311 g/mol. The lowest BCUT2D eigenvalue weighted by Gasteiger charge is -2.05. The zero-order valence-corrected chi connectivity index (χ0v) is 12.7. The van der Waals surface area contributed by atoms with Gasteiger partial charge in [-0.15, -0.1) is 0 Å². The minimum Gasteiger partial charge on any atom is -0.352 e. The Kier molecular flexibility index (Phi) is 4.46. The van der Waals surface area contributed by atoms with Gasteiger partial charge in [0.2, 0.25) is 5.89 Å². The van der Waals surface area contributed by atoms with E-state index in [2.05, 4.69) is 25.7 Å². The smallest absolute Gasteiger partial charge is 0.251 e. The van der Waals surface area contributed by atoms with E-state index in [0.717, 1.165) is 11.1 Å². The van der Waals surface area contributed by atoms with E-state index in [0.29, 0.717) is 36.7 Å². The predicted molar refractivity (Wildman–Crippen MR) is 83.7 cm³/mol. The molecule has 0 unspecified atom stereocenters. The van der Waals surface area contributed by atoms with Crippen molar-refractivity contribution in [3.8, 4) is 11.1 Å². The molecule has 0 saturated heterocycles. The Morgan fingerprint density at radius 2 is 2.26 bits per heavy atom. The summed E-state index contributed by atoms with van der Waals surface area (Å²) < 4.78 is 5.03. The van der Waals surface area contributed by atoms with Crippen molar-refractivity contribution in [1.29, 1.82) is 0 Å². The van der Waals surface area contributed by atoms with E-state index in [9.17, 15) is 4.79 Å². The molecule has 0 radical (unpaired) electrons. The number of aromatic amines is 1. The van der Waals surface area contributed by atoms with Gasteiger partial charge in [-0.25, -0.2) is 0 Å². The van der Waals surface area contributed by atoms with Crippen LogP contribution in [0.25, 0.3) is 11.1 Å². The van der Waals surface area contributed by atoms with Crippen molar-refractivity contribution in [2.45, 2.75) is 19.8 Å². The van der Waals surface area contributed by atoms with Crippen LogP contribution < -0.4 is 5.32 Å². The molecule has 0 bridgehead atoms. The molecule has 0 saturated carbocycles. The fourth-order valence-electron chi connectivity index (χ4n) is 2.17. The van der Waals surface area contributed by atoms with Crippen molar-refractivity contribution in [1.82, 2.24) is 25.7 Å². The molecule has 0 atom stereocenters. The lowest BCUT2D eigenvalue weighted by atomic mass is 10.1. The quantitative estimate of drug-likeness (QED) is 0.725. The molecule has 3 rings (SSSR count). The number of nitrogens with zero attached hydrogens (tertiary/aromatic N) is 3. The number of hydrogen-bond donors (Lipinski definition) is 2. The molecule has 2 aromatic heterocycles. The third-order valence-electron chi connectivity index (χ3n) is 3.40. The molecule has 7 nitrogen and oxygen atoms in total. The van der Waals surface area contributed by atoms with E-state index < -0.39 is 0 Å². The van der Waals surface area contributed by atoms with Crippen molar-refractivity contribution in [2.75, 3.05) is 6.54 Å². The Morgan fingerprint density at radius 3 is 3.00 bits per heavy atom. The summed E-state index contributed by atoms with van der Waals surface area (Å²) in [5, 5.41) is 13.4. The Morgan fingerprint density at radius 1 is 1.35 bits per heavy atom. The molecule has 0 aliphatic carbocycles. The fourth-order valence-corrected chi connectivity index (χ4v) is 2.17. The molecule has 2 heterocycles. The number of benzene rings is 1. The predicted octanol–water partition coefficient (Wildman–Crippen LogP) is 1.99. The first-order valence-electron chi connectivity index (χ1n) is 7.45. The Hall–Kier alpha value is -2.96. The van der Waals surface area contributed by atoms with Crippen molar-refractivity contribution in [2.24, 2.45) is 0 Å². The summed E-state index contributed by atoms with van der Waals surface area (Å²) >= 11 is 0. The van der Waals surface area contributed by atoms with Crippen LogP contribution in [0.4, 0.5) is 0 Å². The highest BCUT2D eigenvalue weighted by molar-refractivity contribution is 5.95. The molecule has 23 heavy (non-hydrogen) atoms. The summed E-state index contributed by atoms with van der Waals surface area (Å²) in [6.07, 6.45) is 4.76. The largest absolute Gasteiger partial charge is 0.352 e. The van der Waals surface area contributed by atoms with Gasteiger partial charge in [-0.05, 0) is 17.7 Å². The molecule has 0 spiro atoms. The second kappa shape index (κ2) is 6.87. The number of hydrogen-bond acceptors (Lipinski definition) is 5. The molecule has 1 amide bonds. The fraction of sp³-hybridized carbons (Fsp3) is 0.250. The van der Waals surface area contributed by atoms with E-state index >= 15 is 0 Å². The highest BCUT2D eigenvalue weighted by Gasteiger charge is 2.09. The van der Waals surface area contributed by atoms with Crippen LogP contribution in [0.1, 0.15) is 29.0 Å². The van der Waals surface area contributed by atoms with Crippen LogP contribution in [0.5, 0.6) is 0 Å². The Labute approximate surface area is 133 Å². The van der Waals surface area contributed by atoms with Crippen LogP contribution in [0.15, 0.2) is 41.2 Å². The maximum absolute atomic E-state index is 12.2. The standard InChI is InChI=1S/C16H17N5O2/c1-2-15-20-14(21-23-15)6-7-17-16(22)12-5-3-4-11(8-12)13-9-18-19-10-13/h3-5,8-10H,2,6-7H2,1H3,(H,17,22)(H,18,19). The molecule has 0 aliphatic heterocycles. The van der Waals surface area contributed by atoms with Crippen molar-refractivity contribution in [3.05, 3.63) is 53.9 Å². The van der Waals surface area contributed by atoms with Gasteiger partial charge < -0.3 is 9.84 Å². The van der Waals surface area contributed by atoms with Crippen LogP contribution >= 0.6 is 0 Å². The first-order chi connectivity index (χ1) is 11.3. The van der Waals surface area contributed by atoms with Gasteiger partial charge in [0.05, 0.1) is 6.20 Å². The van der Waals surface area contributed by atoms with E-state index in [-0.39, 0.29) is 5.91 Å². The molecular weight excluding hydrogens is 294 g/mol. The highest BCUT2D eigenvalue weighted by atomic mass is 16.5. The molecule has 2 N–H and O–H groups in total. The minimum atomic E-state index is -0.130. The van der Waals surface area contributed by atoms with Gasteiger partial charge in [0.1, 0.15) is 0 Å². The summed E-state index contributed by atoms with van der Waals surface area (Å²) in [6, 6.07) is 7.41. The monoisotopic (exact) mass is 311 g/mol. The number of nitrogens with one attached hydrogen (secondary N) is 2. The topological polar surface area (TPSA) is 96.7 Å². The van der Waals surface area contributed by atoms with Gasteiger partial charge in [-0.2, -0.15) is 10.1 Å². The van der Waals surface area contributed by atoms with Crippen LogP contribution in [-0.2, 0) is 12.8 Å². The SMILES string of the molecule is CCc1nc(CCNC(=O)c2cccc(-c3cn[nH]c3)c2)no1. The van der Waals surface area contributed by atoms with Crippen molar-refractivity contribution >= 4 is 5.91 Å². The molecule has 0 fully saturated rings. The summed E-state index contributed by atoms with van der Waals surface area (Å²) in [5.41, 5.74) is 2.49. The second-order valence-corrected chi connectivity index (χ2v) is 5.03. The maximum Gasteiger partial charge on any atom is 0.251 e. The second-order valence-electron chi connectivity index (χ2n) is 5.03. The molecule has 118 valence electrons. The lowest BCUT2D eigenvalue weighted by Crippen LogP contribution is -2.25. The molecular formula is C16H17N5O2. The summed E-state index contributed by atoms with van der Waals surface area (Å²) in [7, 11) is 0. The van der Waals surface area contributed by atoms with E-state index in [1.807, 2.05) is 25.1 Å². The van der Waals surface area contributed by atoms with E-state index in [1.54, 1.807) is 18.5 Å². The van der Waals surface area contributed by atoms with E-state index in [1.165, 1.54) is 0 Å². The van der Waals surface area contributed by atoms with Crippen LogP contribution in [0.2, 0.25) is 0 Å². The van der Waals surface area contributed by atoms with Gasteiger partial charge in [0.25, 0.3) is 5.91 Å². The van der Waals surface area contributed by atoms with Gasteiger partial charge in [-0.3, -0.25) is 9.89 Å². The summed E-state index contributed by atoms with van der Waals surface area (Å²) in [4.78, 5) is 16.4. The lowest BCUT2D eigenvalue weighted by molar-refractivity contribution is 0.0954. The number of H-pyrrole nitrogens is 1. The van der Waals surface area contributed by atoms with Gasteiger partial charge in [-0.1, -0.05) is 24.2 Å². The minimum absolute atomic E-state index is 0.130. The average Bonchev–Trinajstić information content (AvgIpc) is 3.26. The van der Waals surface area contributed by atoms with Crippen LogP contribution in [-0.4, -0.2) is 32.8 Å². The first kappa shape index (κ1) is 15.0. The van der Waals surface area contributed by atoms with Crippen molar-refractivity contribution in [3.63, 3.8) is 0 Å². The number of aromatic nitrogens is 4. The molecule has 7 heteroatoms.